The lowest BCUT2D eigenvalue weighted by Crippen LogP contribution is -2.29. The second-order valence-electron chi connectivity index (χ2n) is 4.39. The topological polar surface area (TPSA) is 51.5 Å². The third-order valence-corrected chi connectivity index (χ3v) is 3.49. The van der Waals surface area contributed by atoms with Gasteiger partial charge in [0.15, 0.2) is 10.4 Å². The van der Waals surface area contributed by atoms with Crippen molar-refractivity contribution in [2.75, 3.05) is 13.7 Å². The van der Waals surface area contributed by atoms with Crippen LogP contribution >= 0.6 is 15.9 Å². The Morgan fingerprint density at radius 1 is 1.35 bits per heavy atom. The third kappa shape index (κ3) is 3.49. The monoisotopic (exact) mass is 337 g/mol. The van der Waals surface area contributed by atoms with Gasteiger partial charge in [0.25, 0.3) is 5.91 Å². The van der Waals surface area contributed by atoms with E-state index >= 15 is 0 Å². The van der Waals surface area contributed by atoms with Crippen molar-refractivity contribution >= 4 is 21.8 Å². The lowest BCUT2D eigenvalue weighted by Gasteiger charge is -2.18. The van der Waals surface area contributed by atoms with Crippen LogP contribution in [0, 0.1) is 6.92 Å². The fraction of sp³-hybridized carbons (Fsp3) is 0.267. The lowest BCUT2D eigenvalue weighted by atomic mass is 10.0. The summed E-state index contributed by atoms with van der Waals surface area (Å²) in [5, 5.41) is 2.81. The number of furan rings is 1. The molecule has 1 amide bonds. The largest absolute Gasteiger partial charge is 0.444 e. The van der Waals surface area contributed by atoms with Crippen LogP contribution in [0.15, 0.2) is 45.5 Å². The molecule has 0 saturated heterocycles. The maximum Gasteiger partial charge on any atom is 0.287 e. The van der Waals surface area contributed by atoms with Crippen molar-refractivity contribution in [3.05, 3.63) is 58.0 Å². The van der Waals surface area contributed by atoms with Crippen LogP contribution in [0.1, 0.15) is 27.8 Å². The summed E-state index contributed by atoms with van der Waals surface area (Å²) < 4.78 is 11.2. The Balaban J connectivity index is 2.01. The normalized spacial score (nSPS) is 12.2. The Morgan fingerprint density at radius 3 is 2.70 bits per heavy atom. The van der Waals surface area contributed by atoms with E-state index in [1.807, 2.05) is 31.2 Å². The average Bonchev–Trinajstić information content (AvgIpc) is 2.88. The zero-order valence-electron chi connectivity index (χ0n) is 11.4. The van der Waals surface area contributed by atoms with Gasteiger partial charge in [-0.1, -0.05) is 24.3 Å². The van der Waals surface area contributed by atoms with Gasteiger partial charge in [-0.3, -0.25) is 4.79 Å². The van der Waals surface area contributed by atoms with E-state index in [0.717, 1.165) is 11.1 Å². The Labute approximate surface area is 126 Å². The van der Waals surface area contributed by atoms with Crippen LogP contribution in [0.4, 0.5) is 0 Å². The average molecular weight is 338 g/mol. The Morgan fingerprint density at radius 2 is 2.10 bits per heavy atom. The van der Waals surface area contributed by atoms with Gasteiger partial charge in [-0.05, 0) is 46.1 Å². The van der Waals surface area contributed by atoms with E-state index < -0.39 is 0 Å². The van der Waals surface area contributed by atoms with Crippen molar-refractivity contribution in [2.45, 2.75) is 13.0 Å². The summed E-state index contributed by atoms with van der Waals surface area (Å²) in [6.45, 7) is 2.41. The van der Waals surface area contributed by atoms with Gasteiger partial charge in [-0.25, -0.2) is 0 Å². The van der Waals surface area contributed by atoms with Gasteiger partial charge in [0, 0.05) is 13.7 Å². The van der Waals surface area contributed by atoms with Gasteiger partial charge in [0.1, 0.15) is 0 Å². The van der Waals surface area contributed by atoms with Crippen LogP contribution in [-0.4, -0.2) is 19.6 Å². The highest BCUT2D eigenvalue weighted by molar-refractivity contribution is 9.10. The molecule has 20 heavy (non-hydrogen) atoms. The van der Waals surface area contributed by atoms with Crippen LogP contribution in [0.3, 0.4) is 0 Å². The molecule has 0 radical (unpaired) electrons. The van der Waals surface area contributed by atoms with Crippen LogP contribution in [0.25, 0.3) is 0 Å². The third-order valence-electron chi connectivity index (χ3n) is 3.06. The van der Waals surface area contributed by atoms with E-state index in [9.17, 15) is 4.79 Å². The van der Waals surface area contributed by atoms with Crippen LogP contribution in [-0.2, 0) is 4.74 Å². The van der Waals surface area contributed by atoms with Crippen molar-refractivity contribution in [3.63, 3.8) is 0 Å². The van der Waals surface area contributed by atoms with Gasteiger partial charge >= 0.3 is 0 Å². The first kappa shape index (κ1) is 14.8. The molecule has 1 aromatic heterocycles. The summed E-state index contributed by atoms with van der Waals surface area (Å²) in [5.41, 5.74) is 2.20. The quantitative estimate of drug-likeness (QED) is 0.908. The smallest absolute Gasteiger partial charge is 0.287 e. The molecule has 1 atom stereocenters. The summed E-state index contributed by atoms with van der Waals surface area (Å²) in [6, 6.07) is 11.3. The standard InChI is InChI=1S/C15H16BrNO3/c1-10-5-3-4-6-11(10)13(19-2)9-17-15(18)12-7-8-14(16)20-12/h3-8,13H,9H2,1-2H3,(H,17,18). The molecule has 0 aliphatic carbocycles. The molecule has 1 N–H and O–H groups in total. The molecule has 1 unspecified atom stereocenters. The van der Waals surface area contributed by atoms with Crippen LogP contribution < -0.4 is 5.32 Å². The fourth-order valence-electron chi connectivity index (χ4n) is 1.98. The number of halogens is 1. The fourth-order valence-corrected chi connectivity index (χ4v) is 2.28. The van der Waals surface area contributed by atoms with E-state index in [1.165, 1.54) is 0 Å². The van der Waals surface area contributed by atoms with E-state index in [2.05, 4.69) is 21.2 Å². The summed E-state index contributed by atoms with van der Waals surface area (Å²) >= 11 is 3.17. The number of hydrogen-bond acceptors (Lipinski definition) is 3. The maximum absolute atomic E-state index is 11.9. The number of ether oxygens (including phenoxy) is 1. The Kier molecular flexibility index (Phi) is 4.98. The molecule has 0 spiro atoms. The Hall–Kier alpha value is -1.59. The molecule has 1 aromatic carbocycles. The predicted molar refractivity (Wildman–Crippen MR) is 79.7 cm³/mol. The van der Waals surface area contributed by atoms with Crippen molar-refractivity contribution in [1.29, 1.82) is 0 Å². The van der Waals surface area contributed by atoms with Gasteiger partial charge < -0.3 is 14.5 Å². The molecule has 1 heterocycles. The van der Waals surface area contributed by atoms with Gasteiger partial charge in [0.2, 0.25) is 0 Å². The number of amides is 1. The molecule has 4 nitrogen and oxygen atoms in total. The molecule has 0 saturated carbocycles. The van der Waals surface area contributed by atoms with E-state index in [0.29, 0.717) is 11.2 Å². The summed E-state index contributed by atoms with van der Waals surface area (Å²) in [4.78, 5) is 11.9. The second kappa shape index (κ2) is 6.72. The van der Waals surface area contributed by atoms with Crippen molar-refractivity contribution < 1.29 is 13.9 Å². The summed E-state index contributed by atoms with van der Waals surface area (Å²) in [6.07, 6.45) is -0.182. The van der Waals surface area contributed by atoms with E-state index in [4.69, 9.17) is 9.15 Å². The number of carbonyl (C=O) groups excluding carboxylic acids is 1. The van der Waals surface area contributed by atoms with Crippen molar-refractivity contribution in [1.82, 2.24) is 5.32 Å². The first-order chi connectivity index (χ1) is 9.61. The number of aryl methyl sites for hydroxylation is 1. The minimum Gasteiger partial charge on any atom is -0.444 e. The molecule has 5 heteroatoms. The first-order valence-electron chi connectivity index (χ1n) is 6.23. The van der Waals surface area contributed by atoms with Gasteiger partial charge in [0.05, 0.1) is 6.10 Å². The highest BCUT2D eigenvalue weighted by Crippen LogP contribution is 2.20. The van der Waals surface area contributed by atoms with Crippen molar-refractivity contribution in [3.8, 4) is 0 Å². The van der Waals surface area contributed by atoms with E-state index in [1.54, 1.807) is 19.2 Å². The molecule has 0 aliphatic rings. The highest BCUT2D eigenvalue weighted by Gasteiger charge is 2.16. The number of carbonyl (C=O) groups is 1. The highest BCUT2D eigenvalue weighted by atomic mass is 79.9. The zero-order valence-corrected chi connectivity index (χ0v) is 12.9. The molecule has 106 valence electrons. The van der Waals surface area contributed by atoms with Crippen LogP contribution in [0.5, 0.6) is 0 Å². The summed E-state index contributed by atoms with van der Waals surface area (Å²) in [5.74, 6) is 0.0165. The van der Waals surface area contributed by atoms with Gasteiger partial charge in [-0.15, -0.1) is 0 Å². The first-order valence-corrected chi connectivity index (χ1v) is 7.03. The summed E-state index contributed by atoms with van der Waals surface area (Å²) in [7, 11) is 1.63. The molecule has 2 aromatic rings. The molecule has 0 aliphatic heterocycles. The number of rotatable bonds is 5. The number of nitrogens with one attached hydrogen (secondary N) is 1. The SMILES string of the molecule is COC(CNC(=O)c1ccc(Br)o1)c1ccccc1C. The molecular weight excluding hydrogens is 322 g/mol. The minimum absolute atomic E-state index is 0.182. The predicted octanol–water partition coefficient (Wildman–Crippen LogP) is 3.47. The lowest BCUT2D eigenvalue weighted by molar-refractivity contribution is 0.0804. The minimum atomic E-state index is -0.258. The molecule has 0 fully saturated rings. The van der Waals surface area contributed by atoms with Crippen LogP contribution in [0.2, 0.25) is 0 Å². The maximum atomic E-state index is 11.9. The number of hydrogen-bond donors (Lipinski definition) is 1. The molecule has 2 rings (SSSR count). The molecular formula is C15H16BrNO3. The zero-order chi connectivity index (χ0) is 14.5. The number of methoxy groups -OCH3 is 1. The van der Waals surface area contributed by atoms with Gasteiger partial charge in [-0.2, -0.15) is 0 Å². The molecule has 0 bridgehead atoms. The second-order valence-corrected chi connectivity index (χ2v) is 5.18. The Bertz CT molecular complexity index is 594. The number of benzene rings is 1. The van der Waals surface area contributed by atoms with Crippen molar-refractivity contribution in [2.24, 2.45) is 0 Å². The van der Waals surface area contributed by atoms with E-state index in [-0.39, 0.29) is 17.8 Å².